The monoisotopic (exact) mass is 378 g/mol. The van der Waals surface area contributed by atoms with Crippen LogP contribution < -0.4 is 0 Å². The predicted molar refractivity (Wildman–Crippen MR) is 99.5 cm³/mol. The van der Waals surface area contributed by atoms with E-state index in [0.717, 1.165) is 19.3 Å². The van der Waals surface area contributed by atoms with Crippen LogP contribution >= 0.6 is 0 Å². The van der Waals surface area contributed by atoms with Gasteiger partial charge in [0, 0.05) is 12.8 Å². The zero-order valence-corrected chi connectivity index (χ0v) is 17.3. The molecule has 8 unspecified atom stereocenters. The third-order valence-electron chi connectivity index (χ3n) is 8.12. The fourth-order valence-electron chi connectivity index (χ4n) is 6.97. The van der Waals surface area contributed by atoms with E-state index in [1.165, 1.54) is 26.2 Å². The second-order valence-electron chi connectivity index (χ2n) is 10.4. The SMILES string of the molecule is CC(=O)OC1CC2CC(C(=O)OC(C)OC3C4(C)CCC(C4)C3(C)C)C1C2. The van der Waals surface area contributed by atoms with Crippen molar-refractivity contribution in [2.75, 3.05) is 0 Å². The van der Waals surface area contributed by atoms with Crippen molar-refractivity contribution in [3.05, 3.63) is 0 Å². The van der Waals surface area contributed by atoms with Crippen molar-refractivity contribution >= 4 is 11.9 Å². The molecule has 0 aromatic heterocycles. The predicted octanol–water partition coefficient (Wildman–Crippen LogP) is 4.08. The van der Waals surface area contributed by atoms with Crippen molar-refractivity contribution in [2.24, 2.45) is 34.5 Å². The molecule has 8 atom stereocenters. The zero-order valence-electron chi connectivity index (χ0n) is 17.3. The number of carbonyl (C=O) groups is 2. The Labute approximate surface area is 162 Å². The standard InChI is InChI=1S/C22H34O5/c1-12(23)25-18-10-14-8-16(18)17(9-14)19(24)26-13(2)27-20-21(3,4)15-6-7-22(20,5)11-15/h13-18,20H,6-11H2,1-5H3. The average molecular weight is 379 g/mol. The van der Waals surface area contributed by atoms with E-state index in [0.29, 0.717) is 11.8 Å². The van der Waals surface area contributed by atoms with Gasteiger partial charge in [-0.05, 0) is 68.1 Å². The molecule has 4 aliphatic carbocycles. The van der Waals surface area contributed by atoms with Gasteiger partial charge in [-0.25, -0.2) is 0 Å². The van der Waals surface area contributed by atoms with Crippen molar-refractivity contribution in [2.45, 2.75) is 91.6 Å². The van der Waals surface area contributed by atoms with Crippen molar-refractivity contribution in [3.63, 3.8) is 0 Å². The fourth-order valence-corrected chi connectivity index (χ4v) is 6.97. The Kier molecular flexibility index (Phi) is 4.60. The van der Waals surface area contributed by atoms with Gasteiger partial charge in [-0.15, -0.1) is 0 Å². The third kappa shape index (κ3) is 3.20. The van der Waals surface area contributed by atoms with Gasteiger partial charge in [-0.3, -0.25) is 9.59 Å². The van der Waals surface area contributed by atoms with Crippen LogP contribution in [0.2, 0.25) is 0 Å². The van der Waals surface area contributed by atoms with E-state index in [1.807, 2.05) is 6.92 Å². The molecule has 0 amide bonds. The lowest BCUT2D eigenvalue weighted by Crippen LogP contribution is -2.45. The van der Waals surface area contributed by atoms with E-state index in [1.54, 1.807) is 0 Å². The van der Waals surface area contributed by atoms with Gasteiger partial charge in [0.15, 0.2) is 6.29 Å². The molecule has 4 fully saturated rings. The maximum Gasteiger partial charge on any atom is 0.311 e. The molecule has 4 bridgehead atoms. The molecule has 0 spiro atoms. The van der Waals surface area contributed by atoms with Crippen LogP contribution in [0.5, 0.6) is 0 Å². The Hall–Kier alpha value is -1.10. The Bertz CT molecular complexity index is 623. The van der Waals surface area contributed by atoms with Crippen molar-refractivity contribution in [1.82, 2.24) is 0 Å². The maximum absolute atomic E-state index is 12.8. The first kappa shape index (κ1) is 19.2. The molecule has 0 heterocycles. The summed E-state index contributed by atoms with van der Waals surface area (Å²) < 4.78 is 17.5. The summed E-state index contributed by atoms with van der Waals surface area (Å²) in [5, 5.41) is 0. The van der Waals surface area contributed by atoms with Crippen molar-refractivity contribution in [3.8, 4) is 0 Å². The largest absolute Gasteiger partial charge is 0.462 e. The molecule has 0 N–H and O–H groups in total. The highest BCUT2D eigenvalue weighted by molar-refractivity contribution is 5.74. The van der Waals surface area contributed by atoms with E-state index in [9.17, 15) is 9.59 Å². The summed E-state index contributed by atoms with van der Waals surface area (Å²) in [5.41, 5.74) is 0.322. The number of rotatable bonds is 5. The summed E-state index contributed by atoms with van der Waals surface area (Å²) in [5.74, 6) is 0.668. The van der Waals surface area contributed by atoms with Crippen LogP contribution in [0.3, 0.4) is 0 Å². The molecule has 152 valence electrons. The number of hydrogen-bond acceptors (Lipinski definition) is 5. The van der Waals surface area contributed by atoms with Gasteiger partial charge >= 0.3 is 11.9 Å². The van der Waals surface area contributed by atoms with Crippen LogP contribution in [-0.2, 0) is 23.8 Å². The normalized spacial score (nSPS) is 45.1. The topological polar surface area (TPSA) is 61.8 Å². The van der Waals surface area contributed by atoms with Gasteiger partial charge in [0.05, 0.1) is 12.0 Å². The summed E-state index contributed by atoms with van der Waals surface area (Å²) in [6, 6.07) is 0. The Morgan fingerprint density at radius 3 is 2.44 bits per heavy atom. The lowest BCUT2D eigenvalue weighted by Gasteiger charge is -2.43. The van der Waals surface area contributed by atoms with Crippen LogP contribution in [0.4, 0.5) is 0 Å². The van der Waals surface area contributed by atoms with Crippen molar-refractivity contribution < 1.29 is 23.8 Å². The van der Waals surface area contributed by atoms with Gasteiger partial charge in [-0.2, -0.15) is 0 Å². The second kappa shape index (κ2) is 6.47. The fraction of sp³-hybridized carbons (Fsp3) is 0.909. The third-order valence-corrected chi connectivity index (χ3v) is 8.12. The number of carbonyl (C=O) groups excluding carboxylic acids is 2. The summed E-state index contributed by atoms with van der Waals surface area (Å²) in [6.07, 6.45) is 5.84. The summed E-state index contributed by atoms with van der Waals surface area (Å²) in [6.45, 7) is 10.2. The molecular weight excluding hydrogens is 344 g/mol. The van der Waals surface area contributed by atoms with E-state index in [4.69, 9.17) is 14.2 Å². The minimum atomic E-state index is -0.538. The average Bonchev–Trinajstić information content (AvgIpc) is 3.28. The van der Waals surface area contributed by atoms with Crippen LogP contribution in [-0.4, -0.2) is 30.4 Å². The molecule has 4 saturated carbocycles. The quantitative estimate of drug-likeness (QED) is 0.533. The molecule has 0 radical (unpaired) electrons. The Morgan fingerprint density at radius 2 is 1.85 bits per heavy atom. The summed E-state index contributed by atoms with van der Waals surface area (Å²) >= 11 is 0. The summed E-state index contributed by atoms with van der Waals surface area (Å²) in [7, 11) is 0. The van der Waals surface area contributed by atoms with Crippen molar-refractivity contribution in [1.29, 1.82) is 0 Å². The number of hydrogen-bond donors (Lipinski definition) is 0. The first-order chi connectivity index (χ1) is 12.6. The highest BCUT2D eigenvalue weighted by Crippen LogP contribution is 2.63. The molecule has 0 aromatic carbocycles. The molecule has 5 heteroatoms. The summed E-state index contributed by atoms with van der Waals surface area (Å²) in [4.78, 5) is 24.1. The van der Waals surface area contributed by atoms with Crippen LogP contribution in [0, 0.1) is 34.5 Å². The smallest absolute Gasteiger partial charge is 0.311 e. The number of esters is 2. The highest BCUT2D eigenvalue weighted by atomic mass is 16.7. The van der Waals surface area contributed by atoms with E-state index in [2.05, 4.69) is 20.8 Å². The second-order valence-corrected chi connectivity index (χ2v) is 10.4. The van der Waals surface area contributed by atoms with Crippen LogP contribution in [0.15, 0.2) is 0 Å². The van der Waals surface area contributed by atoms with E-state index >= 15 is 0 Å². The number of ether oxygens (including phenoxy) is 3. The minimum absolute atomic E-state index is 0.107. The van der Waals surface area contributed by atoms with Gasteiger partial charge in [-0.1, -0.05) is 20.8 Å². The van der Waals surface area contributed by atoms with Gasteiger partial charge in [0.25, 0.3) is 0 Å². The molecule has 4 aliphatic rings. The molecule has 4 rings (SSSR count). The molecule has 0 aromatic rings. The minimum Gasteiger partial charge on any atom is -0.462 e. The van der Waals surface area contributed by atoms with Gasteiger partial charge in [0.1, 0.15) is 6.10 Å². The van der Waals surface area contributed by atoms with Crippen LogP contribution in [0.1, 0.15) is 73.1 Å². The Morgan fingerprint density at radius 1 is 1.11 bits per heavy atom. The Balaban J connectivity index is 1.36. The van der Waals surface area contributed by atoms with E-state index in [-0.39, 0.29) is 46.8 Å². The highest BCUT2D eigenvalue weighted by Gasteiger charge is 2.60. The number of fused-ring (bicyclic) bond motifs is 4. The van der Waals surface area contributed by atoms with E-state index < -0.39 is 6.29 Å². The molecule has 27 heavy (non-hydrogen) atoms. The first-order valence-corrected chi connectivity index (χ1v) is 10.6. The zero-order chi connectivity index (χ0) is 19.6. The lowest BCUT2D eigenvalue weighted by atomic mass is 9.70. The molecule has 0 saturated heterocycles. The first-order valence-electron chi connectivity index (χ1n) is 10.6. The molecule has 0 aliphatic heterocycles. The molecular formula is C22H34O5. The van der Waals surface area contributed by atoms with Crippen LogP contribution in [0.25, 0.3) is 0 Å². The van der Waals surface area contributed by atoms with Gasteiger partial charge in [0.2, 0.25) is 0 Å². The maximum atomic E-state index is 12.8. The van der Waals surface area contributed by atoms with Gasteiger partial charge < -0.3 is 14.2 Å². The lowest BCUT2D eigenvalue weighted by molar-refractivity contribution is -0.218. The molecule has 5 nitrogen and oxygen atoms in total.